The van der Waals surface area contributed by atoms with Crippen molar-refractivity contribution < 1.29 is 4.79 Å². The van der Waals surface area contributed by atoms with Crippen molar-refractivity contribution in [2.45, 2.75) is 6.42 Å². The van der Waals surface area contributed by atoms with E-state index in [-0.39, 0.29) is 5.78 Å². The van der Waals surface area contributed by atoms with Crippen LogP contribution < -0.4 is 0 Å². The molecule has 2 heterocycles. The van der Waals surface area contributed by atoms with Gasteiger partial charge in [-0.1, -0.05) is 24.3 Å². The van der Waals surface area contributed by atoms with Gasteiger partial charge in [0.15, 0.2) is 5.78 Å². The number of carbonyl (C=O) groups is 1. The highest BCUT2D eigenvalue weighted by atomic mass is 32.1. The highest BCUT2D eigenvalue weighted by molar-refractivity contribution is 7.11. The lowest BCUT2D eigenvalue weighted by Gasteiger charge is -2.01. The summed E-state index contributed by atoms with van der Waals surface area (Å²) >= 11 is 1.37. The van der Waals surface area contributed by atoms with Crippen LogP contribution in [0, 0.1) is 0 Å². The second-order valence-corrected chi connectivity index (χ2v) is 4.85. The molecule has 88 valence electrons. The van der Waals surface area contributed by atoms with Crippen LogP contribution in [0.1, 0.15) is 15.4 Å². The van der Waals surface area contributed by atoms with Gasteiger partial charge in [0.2, 0.25) is 0 Å². The molecule has 3 nitrogen and oxygen atoms in total. The molecular formula is C14H10N2OS. The number of aromatic nitrogens is 2. The Bertz CT molecular complexity index is 692. The summed E-state index contributed by atoms with van der Waals surface area (Å²) in [6.07, 6.45) is 1.93. The van der Waals surface area contributed by atoms with Crippen LogP contribution in [-0.4, -0.2) is 15.8 Å². The fraction of sp³-hybridized carbons (Fsp3) is 0.0714. The van der Waals surface area contributed by atoms with Crippen molar-refractivity contribution >= 4 is 28.0 Å². The van der Waals surface area contributed by atoms with Crippen LogP contribution in [0.2, 0.25) is 0 Å². The molecule has 0 aliphatic rings. The van der Waals surface area contributed by atoms with Crippen molar-refractivity contribution in [3.05, 3.63) is 58.7 Å². The van der Waals surface area contributed by atoms with E-state index < -0.39 is 0 Å². The van der Waals surface area contributed by atoms with Crippen molar-refractivity contribution in [2.75, 3.05) is 0 Å². The zero-order chi connectivity index (χ0) is 12.4. The molecular weight excluding hydrogens is 244 g/mol. The molecule has 0 saturated carbocycles. The molecule has 3 aromatic rings. The van der Waals surface area contributed by atoms with Crippen LogP contribution in [0.4, 0.5) is 0 Å². The summed E-state index contributed by atoms with van der Waals surface area (Å²) in [6.45, 7) is 0. The van der Waals surface area contributed by atoms with Crippen molar-refractivity contribution in [3.8, 4) is 0 Å². The number of nitrogens with zero attached hydrogens (tertiary/aromatic N) is 2. The van der Waals surface area contributed by atoms with Gasteiger partial charge in [0.05, 0.1) is 22.3 Å². The molecule has 0 aliphatic heterocycles. The van der Waals surface area contributed by atoms with E-state index in [1.165, 1.54) is 11.3 Å². The van der Waals surface area contributed by atoms with Gasteiger partial charge in [-0.05, 0) is 12.1 Å². The molecule has 0 aliphatic carbocycles. The predicted octanol–water partition coefficient (Wildman–Crippen LogP) is 3.12. The van der Waals surface area contributed by atoms with Gasteiger partial charge in [0.25, 0.3) is 0 Å². The Hall–Kier alpha value is -2.07. The van der Waals surface area contributed by atoms with E-state index >= 15 is 0 Å². The Kier molecular flexibility index (Phi) is 2.86. The monoisotopic (exact) mass is 254 g/mol. The zero-order valence-corrected chi connectivity index (χ0v) is 10.4. The molecule has 0 amide bonds. The third-order valence-electron chi connectivity index (χ3n) is 2.70. The van der Waals surface area contributed by atoms with Crippen LogP contribution in [-0.2, 0) is 6.42 Å². The Morgan fingerprint density at radius 3 is 2.89 bits per heavy atom. The molecule has 0 fully saturated rings. The van der Waals surface area contributed by atoms with Gasteiger partial charge in [-0.25, -0.2) is 0 Å². The second-order valence-electron chi connectivity index (χ2n) is 3.96. The summed E-state index contributed by atoms with van der Waals surface area (Å²) in [7, 11) is 0. The van der Waals surface area contributed by atoms with E-state index in [0.717, 1.165) is 16.6 Å². The summed E-state index contributed by atoms with van der Waals surface area (Å²) in [4.78, 5) is 21.0. The Balaban J connectivity index is 1.89. The maximum Gasteiger partial charge on any atom is 0.180 e. The van der Waals surface area contributed by atoms with Crippen molar-refractivity contribution in [1.29, 1.82) is 0 Å². The van der Waals surface area contributed by atoms with Crippen molar-refractivity contribution in [2.24, 2.45) is 0 Å². The Morgan fingerprint density at radius 2 is 2.06 bits per heavy atom. The first-order valence-corrected chi connectivity index (χ1v) is 6.47. The molecule has 0 atom stereocenters. The normalized spacial score (nSPS) is 10.7. The third kappa shape index (κ3) is 2.15. The summed E-state index contributed by atoms with van der Waals surface area (Å²) in [5.41, 5.74) is 3.39. The van der Waals surface area contributed by atoms with Gasteiger partial charge in [-0.3, -0.25) is 14.8 Å². The van der Waals surface area contributed by atoms with Gasteiger partial charge < -0.3 is 0 Å². The summed E-state index contributed by atoms with van der Waals surface area (Å²) in [6, 6.07) is 11.8. The van der Waals surface area contributed by atoms with Crippen molar-refractivity contribution in [3.63, 3.8) is 0 Å². The third-order valence-corrected chi connectivity index (χ3v) is 3.52. The molecule has 4 heteroatoms. The van der Waals surface area contributed by atoms with Gasteiger partial charge in [-0.2, -0.15) is 0 Å². The fourth-order valence-electron chi connectivity index (χ4n) is 1.81. The standard InChI is InChI=1S/C14H10N2OS/c17-13(14-8-15-9-18-14)7-11-6-5-10-3-1-2-4-12(10)16-11/h1-6,8-9H,7H2. The lowest BCUT2D eigenvalue weighted by Crippen LogP contribution is -2.03. The smallest absolute Gasteiger partial charge is 0.180 e. The van der Waals surface area contributed by atoms with E-state index in [0.29, 0.717) is 11.3 Å². The largest absolute Gasteiger partial charge is 0.293 e. The molecule has 3 rings (SSSR count). The highest BCUT2D eigenvalue weighted by Crippen LogP contribution is 2.14. The molecule has 0 bridgehead atoms. The first-order valence-electron chi connectivity index (χ1n) is 5.59. The number of carbonyl (C=O) groups excluding carboxylic acids is 1. The number of hydrogen-bond acceptors (Lipinski definition) is 4. The molecule has 0 N–H and O–H groups in total. The fourth-order valence-corrected chi connectivity index (χ4v) is 2.37. The van der Waals surface area contributed by atoms with Gasteiger partial charge >= 0.3 is 0 Å². The lowest BCUT2D eigenvalue weighted by atomic mass is 10.1. The van der Waals surface area contributed by atoms with Gasteiger partial charge in [-0.15, -0.1) is 11.3 Å². The van der Waals surface area contributed by atoms with Gasteiger partial charge in [0.1, 0.15) is 0 Å². The average Bonchev–Trinajstić information content (AvgIpc) is 2.92. The first-order chi connectivity index (χ1) is 8.83. The quantitative estimate of drug-likeness (QED) is 0.674. The molecule has 1 aromatic carbocycles. The number of hydrogen-bond donors (Lipinski definition) is 0. The van der Waals surface area contributed by atoms with Crippen molar-refractivity contribution in [1.82, 2.24) is 9.97 Å². The predicted molar refractivity (Wildman–Crippen MR) is 71.9 cm³/mol. The van der Waals surface area contributed by atoms with Crippen LogP contribution in [0.5, 0.6) is 0 Å². The minimum atomic E-state index is 0.0697. The van der Waals surface area contributed by atoms with E-state index in [9.17, 15) is 4.79 Å². The summed E-state index contributed by atoms with van der Waals surface area (Å²) in [5.74, 6) is 0.0697. The van der Waals surface area contributed by atoms with Crippen LogP contribution in [0.3, 0.4) is 0 Å². The number of fused-ring (bicyclic) bond motifs is 1. The maximum absolute atomic E-state index is 11.9. The van der Waals surface area contributed by atoms with Crippen LogP contribution in [0.25, 0.3) is 10.9 Å². The van der Waals surface area contributed by atoms with E-state index in [1.54, 1.807) is 11.7 Å². The molecule has 0 spiro atoms. The second kappa shape index (κ2) is 4.66. The summed E-state index contributed by atoms with van der Waals surface area (Å²) < 4.78 is 0. The first kappa shape index (κ1) is 11.0. The molecule has 2 aromatic heterocycles. The number of benzene rings is 1. The highest BCUT2D eigenvalue weighted by Gasteiger charge is 2.09. The number of para-hydroxylation sites is 1. The summed E-state index contributed by atoms with van der Waals surface area (Å²) in [5, 5.41) is 1.09. The Morgan fingerprint density at radius 1 is 1.17 bits per heavy atom. The van der Waals surface area contributed by atoms with Crippen LogP contribution in [0.15, 0.2) is 48.1 Å². The SMILES string of the molecule is O=C(Cc1ccc2ccccc2n1)c1cncs1. The van der Waals surface area contributed by atoms with E-state index in [1.807, 2.05) is 36.4 Å². The van der Waals surface area contributed by atoms with Gasteiger partial charge in [0, 0.05) is 17.3 Å². The lowest BCUT2D eigenvalue weighted by molar-refractivity contribution is 0.0995. The number of ketones is 1. The Labute approximate surface area is 108 Å². The number of pyridine rings is 1. The minimum Gasteiger partial charge on any atom is -0.293 e. The zero-order valence-electron chi connectivity index (χ0n) is 9.54. The molecule has 0 radical (unpaired) electrons. The number of Topliss-reactive ketones (excluding diaryl/α,β-unsaturated/α-hetero) is 1. The van der Waals surface area contributed by atoms with E-state index in [4.69, 9.17) is 0 Å². The van der Waals surface area contributed by atoms with Crippen LogP contribution >= 0.6 is 11.3 Å². The molecule has 0 unspecified atom stereocenters. The van der Waals surface area contributed by atoms with E-state index in [2.05, 4.69) is 9.97 Å². The molecule has 18 heavy (non-hydrogen) atoms. The molecule has 0 saturated heterocycles. The minimum absolute atomic E-state index is 0.0697. The number of thiazole rings is 1. The number of rotatable bonds is 3. The average molecular weight is 254 g/mol. The maximum atomic E-state index is 11.9. The topological polar surface area (TPSA) is 42.9 Å².